The number of hydrogen-bond donors (Lipinski definition) is 3. The van der Waals surface area contributed by atoms with Crippen molar-refractivity contribution in [2.45, 2.75) is 20.0 Å². The first-order chi connectivity index (χ1) is 19.2. The summed E-state index contributed by atoms with van der Waals surface area (Å²) >= 11 is 0. The molecule has 0 fully saturated rings. The molecule has 11 heteroatoms. The maximum absolute atomic E-state index is 11.2. The van der Waals surface area contributed by atoms with Crippen molar-refractivity contribution in [3.8, 4) is 5.75 Å². The number of benzene rings is 3. The Kier molecular flexibility index (Phi) is 8.36. The molecule has 11 nitrogen and oxygen atoms in total. The van der Waals surface area contributed by atoms with Gasteiger partial charge in [0.05, 0.1) is 28.3 Å². The minimum Gasteiger partial charge on any atom is -0.494 e. The number of aromatic nitrogens is 2. The third kappa shape index (κ3) is 6.05. The highest BCUT2D eigenvalue weighted by Gasteiger charge is 2.22. The highest BCUT2D eigenvalue weighted by Crippen LogP contribution is 2.43. The van der Waals surface area contributed by atoms with Crippen LogP contribution in [0.1, 0.15) is 13.8 Å². The lowest BCUT2D eigenvalue weighted by molar-refractivity contribution is -0.385. The average molecular weight is 542 g/mol. The van der Waals surface area contributed by atoms with Crippen molar-refractivity contribution < 1.29 is 24.7 Å². The number of aliphatic hydroxyl groups is 1. The van der Waals surface area contributed by atoms with Crippen molar-refractivity contribution in [3.05, 3.63) is 95.2 Å². The number of nitrogen functional groups attached to an aromatic ring is 1. The number of carboxylic acid groups (broad SMARTS) is 1. The van der Waals surface area contributed by atoms with Crippen LogP contribution in [0.15, 0.2) is 85.1 Å². The van der Waals surface area contributed by atoms with Crippen LogP contribution in [-0.2, 0) is 4.79 Å². The van der Waals surface area contributed by atoms with Gasteiger partial charge in [0.2, 0.25) is 0 Å². The lowest BCUT2D eigenvalue weighted by Crippen LogP contribution is -2.13. The molecule has 0 saturated heterocycles. The minimum atomic E-state index is -1.23. The molecule has 0 radical (unpaired) electrons. The molecule has 2 heterocycles. The molecule has 0 saturated carbocycles. The molecule has 204 valence electrons. The lowest BCUT2D eigenvalue weighted by Gasteiger charge is -2.27. The zero-order valence-electron chi connectivity index (χ0n) is 21.8. The first-order valence-corrected chi connectivity index (χ1v) is 12.3. The first-order valence-electron chi connectivity index (χ1n) is 12.3. The van der Waals surface area contributed by atoms with Crippen LogP contribution in [0.2, 0.25) is 0 Å². The third-order valence-corrected chi connectivity index (χ3v) is 5.82. The van der Waals surface area contributed by atoms with Gasteiger partial charge in [-0.3, -0.25) is 15.0 Å². The monoisotopic (exact) mass is 541 g/mol. The molecule has 0 unspecified atom stereocenters. The number of nitro groups is 1. The molecule has 3 aromatic carbocycles. The Balaban J connectivity index is 0.000000557. The summed E-state index contributed by atoms with van der Waals surface area (Å²) in [6.45, 7) is 3.66. The second-order valence-corrected chi connectivity index (χ2v) is 8.67. The normalized spacial score (nSPS) is 11.4. The molecule has 2 aromatic heterocycles. The van der Waals surface area contributed by atoms with Gasteiger partial charge in [-0.25, -0.2) is 14.8 Å². The Morgan fingerprint density at radius 1 is 1.05 bits per heavy atom. The summed E-state index contributed by atoms with van der Waals surface area (Å²) in [6.07, 6.45) is 0.0329. The number of carboxylic acids is 1. The fraction of sp³-hybridized carbons (Fsp3) is 0.138. The van der Waals surface area contributed by atoms with Crippen LogP contribution < -0.4 is 15.4 Å². The van der Waals surface area contributed by atoms with Crippen molar-refractivity contribution in [2.24, 2.45) is 0 Å². The van der Waals surface area contributed by atoms with Gasteiger partial charge in [0.15, 0.2) is 0 Å². The van der Waals surface area contributed by atoms with Crippen LogP contribution in [0.4, 0.5) is 28.6 Å². The summed E-state index contributed by atoms with van der Waals surface area (Å²) in [4.78, 5) is 31.5. The number of rotatable bonds is 7. The Hall–Kier alpha value is -5.29. The number of aliphatic hydroxyl groups excluding tert-OH is 1. The number of fused-ring (bicyclic) bond motifs is 2. The SMILES string of the molecule is CCOc1ccc2nc3cc(N)ccc3c(N(c3ccccc3)c3ccc([N+](=O)[O-])cn3)c2c1.C[C@H](O)C(=O)O. The Labute approximate surface area is 229 Å². The van der Waals surface area contributed by atoms with E-state index in [0.717, 1.165) is 38.9 Å². The predicted octanol–water partition coefficient (Wildman–Crippen LogP) is 5.59. The molecule has 0 amide bonds. The zero-order valence-corrected chi connectivity index (χ0v) is 21.8. The van der Waals surface area contributed by atoms with Crippen molar-refractivity contribution >= 4 is 56.3 Å². The van der Waals surface area contributed by atoms with E-state index >= 15 is 0 Å². The number of ether oxygens (including phenoxy) is 1. The van der Waals surface area contributed by atoms with Crippen LogP contribution in [0.25, 0.3) is 21.8 Å². The van der Waals surface area contributed by atoms with E-state index in [1.807, 2.05) is 78.6 Å². The third-order valence-electron chi connectivity index (χ3n) is 5.82. The second kappa shape index (κ2) is 12.0. The minimum absolute atomic E-state index is 0.0763. The molecule has 40 heavy (non-hydrogen) atoms. The van der Waals surface area contributed by atoms with E-state index in [-0.39, 0.29) is 5.69 Å². The van der Waals surface area contributed by atoms with E-state index < -0.39 is 17.0 Å². The van der Waals surface area contributed by atoms with Crippen molar-refractivity contribution in [1.29, 1.82) is 0 Å². The largest absolute Gasteiger partial charge is 0.494 e. The number of hydrogen-bond acceptors (Lipinski definition) is 9. The second-order valence-electron chi connectivity index (χ2n) is 8.67. The Bertz CT molecular complexity index is 1660. The molecule has 5 rings (SSSR count). The number of carbonyl (C=O) groups is 1. The number of aliphatic carboxylic acids is 1. The van der Waals surface area contributed by atoms with E-state index in [9.17, 15) is 14.9 Å². The summed E-state index contributed by atoms with van der Waals surface area (Å²) < 4.78 is 5.78. The smallest absolute Gasteiger partial charge is 0.332 e. The van der Waals surface area contributed by atoms with Gasteiger partial charge in [-0.05, 0) is 68.4 Å². The molecule has 0 aliphatic rings. The van der Waals surface area contributed by atoms with Crippen molar-refractivity contribution in [1.82, 2.24) is 9.97 Å². The number of nitrogens with zero attached hydrogens (tertiary/aromatic N) is 4. The molecular weight excluding hydrogens is 514 g/mol. The summed E-state index contributed by atoms with van der Waals surface area (Å²) in [5, 5.41) is 28.7. The molecule has 0 aliphatic heterocycles. The first kappa shape index (κ1) is 27.7. The Morgan fingerprint density at radius 3 is 2.38 bits per heavy atom. The van der Waals surface area contributed by atoms with Gasteiger partial charge in [0, 0.05) is 28.2 Å². The molecule has 1 atom stereocenters. The molecular formula is C29H27N5O6. The lowest BCUT2D eigenvalue weighted by atomic mass is 10.0. The van der Waals surface area contributed by atoms with E-state index in [1.54, 1.807) is 6.07 Å². The van der Waals surface area contributed by atoms with Gasteiger partial charge < -0.3 is 20.7 Å². The maximum atomic E-state index is 11.2. The van der Waals surface area contributed by atoms with Gasteiger partial charge in [0.1, 0.15) is 23.9 Å². The molecule has 0 bridgehead atoms. The van der Waals surface area contributed by atoms with E-state index in [4.69, 9.17) is 25.7 Å². The molecule has 0 spiro atoms. The fourth-order valence-electron chi connectivity index (χ4n) is 3.99. The summed E-state index contributed by atoms with van der Waals surface area (Å²) in [5.74, 6) is 0.0664. The number of pyridine rings is 2. The molecule has 5 aromatic rings. The number of para-hydroxylation sites is 1. The van der Waals surface area contributed by atoms with Gasteiger partial charge in [-0.2, -0.15) is 0 Å². The van der Waals surface area contributed by atoms with E-state index in [1.165, 1.54) is 19.2 Å². The highest BCUT2D eigenvalue weighted by molar-refractivity contribution is 6.11. The van der Waals surface area contributed by atoms with Crippen LogP contribution in [0.3, 0.4) is 0 Å². The summed E-state index contributed by atoms with van der Waals surface area (Å²) in [6, 6.07) is 24.2. The van der Waals surface area contributed by atoms with Gasteiger partial charge >= 0.3 is 5.97 Å². The van der Waals surface area contributed by atoms with Gasteiger partial charge in [-0.15, -0.1) is 0 Å². The number of anilines is 4. The van der Waals surface area contributed by atoms with E-state index in [0.29, 0.717) is 18.1 Å². The van der Waals surface area contributed by atoms with Crippen LogP contribution >= 0.6 is 0 Å². The van der Waals surface area contributed by atoms with E-state index in [2.05, 4.69) is 4.98 Å². The van der Waals surface area contributed by atoms with Crippen LogP contribution in [0, 0.1) is 10.1 Å². The maximum Gasteiger partial charge on any atom is 0.332 e. The van der Waals surface area contributed by atoms with Crippen LogP contribution in [-0.4, -0.2) is 43.8 Å². The van der Waals surface area contributed by atoms with Gasteiger partial charge in [-0.1, -0.05) is 18.2 Å². The van der Waals surface area contributed by atoms with Gasteiger partial charge in [0.25, 0.3) is 5.69 Å². The highest BCUT2D eigenvalue weighted by atomic mass is 16.6. The topological polar surface area (TPSA) is 165 Å². The van der Waals surface area contributed by atoms with Crippen molar-refractivity contribution in [3.63, 3.8) is 0 Å². The fourth-order valence-corrected chi connectivity index (χ4v) is 3.99. The predicted molar refractivity (Wildman–Crippen MR) is 153 cm³/mol. The average Bonchev–Trinajstić information content (AvgIpc) is 2.94. The quantitative estimate of drug-likeness (QED) is 0.102. The summed E-state index contributed by atoms with van der Waals surface area (Å²) in [5.41, 5.74) is 9.77. The number of nitrogens with two attached hydrogens (primary N) is 1. The Morgan fingerprint density at radius 2 is 1.77 bits per heavy atom. The zero-order chi connectivity index (χ0) is 28.8. The standard InChI is InChI=1S/C26H21N5O3.C3H6O3/c1-2-34-20-10-12-23-22(15-20)26(21-11-8-17(27)14-24(21)29-23)30(18-6-4-3-5-7-18)25-13-9-19(16-28-25)31(32)33;1-2(4)3(5)6/h3-16H,2,27H2,1H3;2,4H,1H3,(H,5,6)/t;2-/m.0/s1. The summed E-state index contributed by atoms with van der Waals surface area (Å²) in [7, 11) is 0. The molecule has 4 N–H and O–H groups in total. The van der Waals surface area contributed by atoms with Crippen molar-refractivity contribution in [2.75, 3.05) is 17.2 Å². The molecule has 0 aliphatic carbocycles. The van der Waals surface area contributed by atoms with Crippen LogP contribution in [0.5, 0.6) is 5.75 Å².